The van der Waals surface area contributed by atoms with Crippen molar-refractivity contribution in [1.82, 2.24) is 15.5 Å². The van der Waals surface area contributed by atoms with Gasteiger partial charge in [-0.25, -0.2) is 4.79 Å². The summed E-state index contributed by atoms with van der Waals surface area (Å²) in [5.74, 6) is -0.961. The van der Waals surface area contributed by atoms with Crippen LogP contribution in [-0.2, 0) is 33.8 Å². The summed E-state index contributed by atoms with van der Waals surface area (Å²) in [6.07, 6.45) is 1.30. The maximum Gasteiger partial charge on any atom is 0.407 e. The molecule has 4 aromatic rings. The molecule has 0 aromatic heterocycles. The van der Waals surface area contributed by atoms with Gasteiger partial charge in [-0.1, -0.05) is 110 Å². The standard InChI is InChI=1S/C40H40N4O4/c1-27(15-16-28-9-3-2-4-10-28)39(46)44-25-31(22-41)21-37(44)38(45)42-23-29-17-19-30(20-18-29)24-43-40(47)48-26-36-34-13-7-5-11-32(34)33-12-6-8-14-35(33)36/h2-14,17-20,27,31,36-37H,15-16,21,23-26H2,1H3,(H,42,45)(H,43,47)/t27-,31+,37+/m1/s1. The fourth-order valence-electron chi connectivity index (χ4n) is 6.76. The van der Waals surface area contributed by atoms with Gasteiger partial charge in [-0.3, -0.25) is 9.59 Å². The summed E-state index contributed by atoms with van der Waals surface area (Å²) in [4.78, 5) is 40.8. The second kappa shape index (κ2) is 15.0. The lowest BCUT2D eigenvalue weighted by Gasteiger charge is -2.26. The molecule has 244 valence electrons. The number of nitrogens with zero attached hydrogens (tertiary/aromatic N) is 2. The predicted molar refractivity (Wildman–Crippen MR) is 183 cm³/mol. The average molecular weight is 641 g/mol. The second-order valence-electron chi connectivity index (χ2n) is 12.7. The Kier molecular flexibility index (Phi) is 10.2. The normalized spacial score (nSPS) is 17.1. The summed E-state index contributed by atoms with van der Waals surface area (Å²) in [5, 5.41) is 15.4. The van der Waals surface area contributed by atoms with E-state index in [4.69, 9.17) is 4.74 Å². The van der Waals surface area contributed by atoms with Gasteiger partial charge in [-0.2, -0.15) is 5.26 Å². The quantitative estimate of drug-likeness (QED) is 0.199. The smallest absolute Gasteiger partial charge is 0.407 e. The molecular weight excluding hydrogens is 600 g/mol. The number of hydrogen-bond acceptors (Lipinski definition) is 5. The third-order valence-electron chi connectivity index (χ3n) is 9.47. The van der Waals surface area contributed by atoms with Crippen LogP contribution in [0.4, 0.5) is 4.79 Å². The first-order valence-electron chi connectivity index (χ1n) is 16.6. The van der Waals surface area contributed by atoms with Crippen LogP contribution in [0.15, 0.2) is 103 Å². The SMILES string of the molecule is C[C@H](CCc1ccccc1)C(=O)N1C[C@H](C#N)C[C@H]1C(=O)NCc1ccc(CNC(=O)OCC2c3ccccc3-c3ccccc32)cc1. The number of carbonyl (C=O) groups is 3. The van der Waals surface area contributed by atoms with Crippen molar-refractivity contribution in [2.45, 2.75) is 51.2 Å². The maximum atomic E-state index is 13.4. The van der Waals surface area contributed by atoms with E-state index in [9.17, 15) is 19.6 Å². The van der Waals surface area contributed by atoms with Crippen LogP contribution in [0.25, 0.3) is 11.1 Å². The van der Waals surface area contributed by atoms with Crippen molar-refractivity contribution in [2.75, 3.05) is 13.2 Å². The molecule has 0 bridgehead atoms. The van der Waals surface area contributed by atoms with Gasteiger partial charge in [0.15, 0.2) is 0 Å². The molecule has 0 saturated carbocycles. The molecule has 6 rings (SSSR count). The fourth-order valence-corrected chi connectivity index (χ4v) is 6.76. The van der Waals surface area contributed by atoms with E-state index in [-0.39, 0.29) is 49.3 Å². The molecule has 1 aliphatic carbocycles. The van der Waals surface area contributed by atoms with E-state index in [1.54, 1.807) is 4.90 Å². The highest BCUT2D eigenvalue weighted by atomic mass is 16.5. The van der Waals surface area contributed by atoms with Crippen LogP contribution in [-0.4, -0.2) is 42.0 Å². The Bertz CT molecular complexity index is 1750. The Morgan fingerprint density at radius 3 is 2.02 bits per heavy atom. The number of ether oxygens (including phenoxy) is 1. The molecule has 1 fully saturated rings. The minimum absolute atomic E-state index is 0.000837. The van der Waals surface area contributed by atoms with E-state index >= 15 is 0 Å². The molecule has 2 N–H and O–H groups in total. The molecule has 3 amide bonds. The lowest BCUT2D eigenvalue weighted by molar-refractivity contribution is -0.141. The highest BCUT2D eigenvalue weighted by Gasteiger charge is 2.40. The van der Waals surface area contributed by atoms with E-state index in [1.807, 2.05) is 85.8 Å². The highest BCUT2D eigenvalue weighted by Crippen LogP contribution is 2.44. The zero-order valence-electron chi connectivity index (χ0n) is 27.1. The molecule has 8 heteroatoms. The summed E-state index contributed by atoms with van der Waals surface area (Å²) in [6, 6.07) is 35.7. The summed E-state index contributed by atoms with van der Waals surface area (Å²) >= 11 is 0. The minimum Gasteiger partial charge on any atom is -0.449 e. The molecule has 0 unspecified atom stereocenters. The number of likely N-dealkylation sites (tertiary alicyclic amines) is 1. The number of aryl methyl sites for hydroxylation is 1. The number of nitrogens with one attached hydrogen (secondary N) is 2. The molecule has 3 atom stereocenters. The van der Waals surface area contributed by atoms with Gasteiger partial charge in [0.25, 0.3) is 0 Å². The molecule has 1 saturated heterocycles. The van der Waals surface area contributed by atoms with Crippen LogP contribution >= 0.6 is 0 Å². The lowest BCUT2D eigenvalue weighted by Crippen LogP contribution is -2.47. The van der Waals surface area contributed by atoms with Gasteiger partial charge in [0, 0.05) is 31.5 Å². The summed E-state index contributed by atoms with van der Waals surface area (Å²) < 4.78 is 5.64. The molecule has 48 heavy (non-hydrogen) atoms. The van der Waals surface area contributed by atoms with Crippen LogP contribution in [0.2, 0.25) is 0 Å². The van der Waals surface area contributed by atoms with Crippen molar-refractivity contribution >= 4 is 17.9 Å². The number of amides is 3. The molecule has 0 spiro atoms. The summed E-state index contributed by atoms with van der Waals surface area (Å²) in [7, 11) is 0. The van der Waals surface area contributed by atoms with Crippen molar-refractivity contribution in [3.8, 4) is 17.2 Å². The zero-order valence-corrected chi connectivity index (χ0v) is 27.1. The van der Waals surface area contributed by atoms with Gasteiger partial charge in [-0.05, 0) is 58.2 Å². The van der Waals surface area contributed by atoms with E-state index in [1.165, 1.54) is 27.8 Å². The lowest BCUT2D eigenvalue weighted by atomic mass is 9.98. The highest BCUT2D eigenvalue weighted by molar-refractivity contribution is 5.89. The van der Waals surface area contributed by atoms with E-state index in [0.717, 1.165) is 17.5 Å². The number of rotatable bonds is 11. The Balaban J connectivity index is 0.964. The average Bonchev–Trinajstić information content (AvgIpc) is 3.71. The summed E-state index contributed by atoms with van der Waals surface area (Å²) in [6.45, 7) is 3.02. The fraction of sp³-hybridized carbons (Fsp3) is 0.300. The van der Waals surface area contributed by atoms with Crippen molar-refractivity contribution in [3.05, 3.63) is 131 Å². The Morgan fingerprint density at radius 1 is 0.812 bits per heavy atom. The van der Waals surface area contributed by atoms with Crippen molar-refractivity contribution in [1.29, 1.82) is 5.26 Å². The van der Waals surface area contributed by atoms with E-state index < -0.39 is 12.1 Å². The van der Waals surface area contributed by atoms with Gasteiger partial charge in [-0.15, -0.1) is 0 Å². The number of nitriles is 1. The minimum atomic E-state index is -0.665. The van der Waals surface area contributed by atoms with Gasteiger partial charge in [0.2, 0.25) is 11.8 Å². The molecule has 8 nitrogen and oxygen atoms in total. The first-order chi connectivity index (χ1) is 23.4. The van der Waals surface area contributed by atoms with E-state index in [2.05, 4.69) is 41.0 Å². The first-order valence-corrected chi connectivity index (χ1v) is 16.6. The van der Waals surface area contributed by atoms with Crippen LogP contribution < -0.4 is 10.6 Å². The third-order valence-corrected chi connectivity index (χ3v) is 9.47. The summed E-state index contributed by atoms with van der Waals surface area (Å²) in [5.41, 5.74) is 7.65. The van der Waals surface area contributed by atoms with Crippen molar-refractivity contribution in [3.63, 3.8) is 0 Å². The van der Waals surface area contributed by atoms with E-state index in [0.29, 0.717) is 19.4 Å². The van der Waals surface area contributed by atoms with Gasteiger partial charge >= 0.3 is 6.09 Å². The van der Waals surface area contributed by atoms with Crippen LogP contribution in [0.5, 0.6) is 0 Å². The van der Waals surface area contributed by atoms with Gasteiger partial charge in [0.1, 0.15) is 12.6 Å². The number of carbonyl (C=O) groups excluding carboxylic acids is 3. The first kappa shape index (κ1) is 32.5. The number of hydrogen-bond donors (Lipinski definition) is 2. The molecule has 1 heterocycles. The van der Waals surface area contributed by atoms with Gasteiger partial charge in [0.05, 0.1) is 12.0 Å². The molecule has 0 radical (unpaired) electrons. The maximum absolute atomic E-state index is 13.4. The van der Waals surface area contributed by atoms with Crippen molar-refractivity contribution < 1.29 is 19.1 Å². The van der Waals surface area contributed by atoms with Crippen LogP contribution in [0, 0.1) is 23.2 Å². The number of fused-ring (bicyclic) bond motifs is 3. The van der Waals surface area contributed by atoms with Gasteiger partial charge < -0.3 is 20.3 Å². The molecule has 2 aliphatic rings. The van der Waals surface area contributed by atoms with Crippen LogP contribution in [0.1, 0.15) is 53.5 Å². The zero-order chi connectivity index (χ0) is 33.5. The number of benzene rings is 4. The van der Waals surface area contributed by atoms with Crippen LogP contribution in [0.3, 0.4) is 0 Å². The topological polar surface area (TPSA) is 112 Å². The monoisotopic (exact) mass is 640 g/mol. The molecule has 4 aromatic carbocycles. The molecule has 1 aliphatic heterocycles. The van der Waals surface area contributed by atoms with Crippen molar-refractivity contribution in [2.24, 2.45) is 11.8 Å². The largest absolute Gasteiger partial charge is 0.449 e. The Hall–Kier alpha value is -5.42. The Labute approximate surface area is 281 Å². The second-order valence-corrected chi connectivity index (χ2v) is 12.7. The molecular formula is C40H40N4O4. The Morgan fingerprint density at radius 2 is 1.40 bits per heavy atom. The third kappa shape index (κ3) is 7.42. The predicted octanol–water partition coefficient (Wildman–Crippen LogP) is 6.35. The number of alkyl carbamates (subject to hydrolysis) is 1.